The largest absolute Gasteiger partial charge is 0.456 e. The van der Waals surface area contributed by atoms with Gasteiger partial charge < -0.3 is 13.9 Å². The summed E-state index contributed by atoms with van der Waals surface area (Å²) in [6, 6.07) is 74.3. The molecule has 10 aromatic carbocycles. The zero-order valence-electron chi connectivity index (χ0n) is 30.9. The number of aromatic nitrogens is 1. The van der Waals surface area contributed by atoms with Gasteiger partial charge in [-0.2, -0.15) is 0 Å². The Hall–Kier alpha value is -7.62. The fourth-order valence-electron chi connectivity index (χ4n) is 9.23. The van der Waals surface area contributed by atoms with Gasteiger partial charge in [0.05, 0.1) is 11.0 Å². The lowest BCUT2D eigenvalue weighted by Crippen LogP contribution is -2.09. The number of anilines is 3. The van der Waals surface area contributed by atoms with Crippen molar-refractivity contribution in [3.05, 3.63) is 206 Å². The predicted octanol–water partition coefficient (Wildman–Crippen LogP) is 15.3. The highest BCUT2D eigenvalue weighted by molar-refractivity contribution is 6.24. The zero-order chi connectivity index (χ0) is 37.5. The Kier molecular flexibility index (Phi) is 6.93. The Balaban J connectivity index is 1.09. The lowest BCUT2D eigenvalue weighted by atomic mass is 9.93. The summed E-state index contributed by atoms with van der Waals surface area (Å²) in [6.07, 6.45) is 0. The summed E-state index contributed by atoms with van der Waals surface area (Å²) >= 11 is 0. The maximum absolute atomic E-state index is 6.97. The van der Waals surface area contributed by atoms with E-state index in [2.05, 4.69) is 216 Å². The molecule has 2 heterocycles. The number of benzene rings is 10. The Morgan fingerprint density at radius 3 is 1.82 bits per heavy atom. The highest BCUT2D eigenvalue weighted by Gasteiger charge is 2.22. The lowest BCUT2D eigenvalue weighted by molar-refractivity contribution is 0.669. The summed E-state index contributed by atoms with van der Waals surface area (Å²) in [5.74, 6) is 0. The molecule has 2 aromatic heterocycles. The first-order valence-corrected chi connectivity index (χ1v) is 19.5. The van der Waals surface area contributed by atoms with Gasteiger partial charge in [0.1, 0.15) is 11.2 Å². The highest BCUT2D eigenvalue weighted by atomic mass is 16.3. The van der Waals surface area contributed by atoms with Crippen LogP contribution in [-0.2, 0) is 0 Å². The molecule has 0 fully saturated rings. The summed E-state index contributed by atoms with van der Waals surface area (Å²) in [5.41, 5.74) is 10.8. The predicted molar refractivity (Wildman–Crippen MR) is 241 cm³/mol. The molecule has 0 radical (unpaired) electrons. The van der Waals surface area contributed by atoms with Gasteiger partial charge in [0, 0.05) is 55.9 Å². The first kappa shape index (κ1) is 31.7. The molecule has 0 atom stereocenters. The van der Waals surface area contributed by atoms with Crippen molar-refractivity contribution < 1.29 is 4.42 Å². The normalized spacial score (nSPS) is 11.9. The molecule has 0 bridgehead atoms. The SMILES string of the molecule is c1ccc(N(c2ccc3c(c2)oc2cc(-c4cccc5c6ccccc6n(-c6ccccc6)c45)c4ccccc4c23)c2ccc3ccc4ccccc4c3c2)cc1. The zero-order valence-corrected chi connectivity index (χ0v) is 30.9. The van der Waals surface area contributed by atoms with Crippen LogP contribution < -0.4 is 4.90 Å². The maximum Gasteiger partial charge on any atom is 0.137 e. The van der Waals surface area contributed by atoms with Gasteiger partial charge in [-0.05, 0) is 98.5 Å². The number of furan rings is 1. The van der Waals surface area contributed by atoms with Crippen molar-refractivity contribution in [2.24, 2.45) is 0 Å². The van der Waals surface area contributed by atoms with Crippen LogP contribution in [0.3, 0.4) is 0 Å². The fraction of sp³-hybridized carbons (Fsp3) is 0. The van der Waals surface area contributed by atoms with Gasteiger partial charge in [0.2, 0.25) is 0 Å². The molecule has 3 nitrogen and oxygen atoms in total. The van der Waals surface area contributed by atoms with E-state index in [-0.39, 0.29) is 0 Å². The van der Waals surface area contributed by atoms with Crippen molar-refractivity contribution >= 4 is 93.1 Å². The summed E-state index contributed by atoms with van der Waals surface area (Å²) in [6.45, 7) is 0. The molecule has 0 spiro atoms. The van der Waals surface area contributed by atoms with E-state index in [1.54, 1.807) is 0 Å². The number of hydrogen-bond acceptors (Lipinski definition) is 2. The average molecular weight is 727 g/mol. The summed E-state index contributed by atoms with van der Waals surface area (Å²) in [5, 5.41) is 12.0. The van der Waals surface area contributed by atoms with E-state index in [1.807, 2.05) is 0 Å². The molecule has 12 rings (SSSR count). The minimum Gasteiger partial charge on any atom is -0.456 e. The number of fused-ring (bicyclic) bond motifs is 11. The second kappa shape index (κ2) is 12.5. The summed E-state index contributed by atoms with van der Waals surface area (Å²) < 4.78 is 9.38. The minimum absolute atomic E-state index is 0.855. The Morgan fingerprint density at radius 2 is 0.982 bits per heavy atom. The van der Waals surface area contributed by atoms with E-state index >= 15 is 0 Å². The molecule has 3 heteroatoms. The van der Waals surface area contributed by atoms with Crippen molar-refractivity contribution in [3.8, 4) is 16.8 Å². The molecule has 57 heavy (non-hydrogen) atoms. The van der Waals surface area contributed by atoms with Gasteiger partial charge in [-0.1, -0.05) is 140 Å². The fourth-order valence-corrected chi connectivity index (χ4v) is 9.23. The molecular weight excluding hydrogens is 693 g/mol. The quantitative estimate of drug-likeness (QED) is 0.165. The average Bonchev–Trinajstić information content (AvgIpc) is 3.82. The van der Waals surface area contributed by atoms with Gasteiger partial charge in [0.25, 0.3) is 0 Å². The van der Waals surface area contributed by atoms with Gasteiger partial charge >= 0.3 is 0 Å². The molecule has 0 saturated carbocycles. The molecule has 0 N–H and O–H groups in total. The molecule has 0 aliphatic carbocycles. The lowest BCUT2D eigenvalue weighted by Gasteiger charge is -2.26. The molecular formula is C54H34N2O. The molecule has 0 aliphatic rings. The summed E-state index contributed by atoms with van der Waals surface area (Å²) in [7, 11) is 0. The van der Waals surface area contributed by atoms with Crippen molar-refractivity contribution in [1.29, 1.82) is 0 Å². The second-order valence-electron chi connectivity index (χ2n) is 14.9. The number of nitrogens with zero attached hydrogens (tertiary/aromatic N) is 2. The molecule has 0 amide bonds. The van der Waals surface area contributed by atoms with Crippen LogP contribution in [0.25, 0.3) is 92.9 Å². The van der Waals surface area contributed by atoms with Crippen LogP contribution in [0.5, 0.6) is 0 Å². The van der Waals surface area contributed by atoms with Gasteiger partial charge in [-0.3, -0.25) is 0 Å². The number of rotatable bonds is 5. The highest BCUT2D eigenvalue weighted by Crippen LogP contribution is 2.46. The third kappa shape index (κ3) is 4.86. The van der Waals surface area contributed by atoms with Crippen LogP contribution in [0, 0.1) is 0 Å². The van der Waals surface area contributed by atoms with Gasteiger partial charge in [-0.15, -0.1) is 0 Å². The maximum atomic E-state index is 6.97. The molecule has 12 aromatic rings. The van der Waals surface area contributed by atoms with Crippen molar-refractivity contribution in [3.63, 3.8) is 0 Å². The molecule has 0 saturated heterocycles. The van der Waals surface area contributed by atoms with Crippen LogP contribution in [0.2, 0.25) is 0 Å². The van der Waals surface area contributed by atoms with E-state index in [0.29, 0.717) is 0 Å². The third-order valence-corrected chi connectivity index (χ3v) is 11.7. The van der Waals surface area contributed by atoms with E-state index in [9.17, 15) is 0 Å². The van der Waals surface area contributed by atoms with Crippen molar-refractivity contribution in [2.75, 3.05) is 4.90 Å². The van der Waals surface area contributed by atoms with Crippen LogP contribution in [0.4, 0.5) is 17.1 Å². The third-order valence-electron chi connectivity index (χ3n) is 11.7. The first-order chi connectivity index (χ1) is 28.3. The smallest absolute Gasteiger partial charge is 0.137 e. The topological polar surface area (TPSA) is 21.3 Å². The van der Waals surface area contributed by atoms with Crippen LogP contribution in [0.1, 0.15) is 0 Å². The van der Waals surface area contributed by atoms with Crippen molar-refractivity contribution in [1.82, 2.24) is 4.57 Å². The monoisotopic (exact) mass is 726 g/mol. The van der Waals surface area contributed by atoms with E-state index in [1.165, 1.54) is 59.7 Å². The first-order valence-electron chi connectivity index (χ1n) is 19.5. The van der Waals surface area contributed by atoms with Crippen LogP contribution >= 0.6 is 0 Å². The van der Waals surface area contributed by atoms with Crippen LogP contribution in [-0.4, -0.2) is 4.57 Å². The van der Waals surface area contributed by atoms with Gasteiger partial charge in [-0.25, -0.2) is 0 Å². The standard InChI is InChI=1S/C54H34N2O/c1-3-15-37(16-4-1)55(39-29-28-36-27-26-35-14-7-8-19-41(35)48(36)32-39)40-30-31-47-51(33-40)57-52-34-49(42-20-9-10-22-44(42)53(47)52)46-24-13-23-45-43-21-11-12-25-50(43)56(54(45)46)38-17-5-2-6-18-38/h1-34H. The van der Waals surface area contributed by atoms with E-state index < -0.39 is 0 Å². The molecule has 0 aliphatic heterocycles. The minimum atomic E-state index is 0.855. The molecule has 266 valence electrons. The Labute approximate surface area is 328 Å². The second-order valence-corrected chi connectivity index (χ2v) is 14.9. The number of para-hydroxylation sites is 4. The van der Waals surface area contributed by atoms with Crippen molar-refractivity contribution in [2.45, 2.75) is 0 Å². The molecule has 0 unspecified atom stereocenters. The van der Waals surface area contributed by atoms with E-state index in [4.69, 9.17) is 4.42 Å². The van der Waals surface area contributed by atoms with Crippen LogP contribution in [0.15, 0.2) is 211 Å². The number of hydrogen-bond donors (Lipinski definition) is 0. The Morgan fingerprint density at radius 1 is 0.351 bits per heavy atom. The van der Waals surface area contributed by atoms with Gasteiger partial charge in [0.15, 0.2) is 0 Å². The Bertz CT molecular complexity index is 3520. The van der Waals surface area contributed by atoms with E-state index in [0.717, 1.165) is 50.3 Å². The summed E-state index contributed by atoms with van der Waals surface area (Å²) in [4.78, 5) is 2.33.